The Morgan fingerprint density at radius 3 is 2.20 bits per heavy atom. The lowest BCUT2D eigenvalue weighted by Gasteiger charge is -2.18. The molecule has 0 aromatic heterocycles. The number of nitrogens with one attached hydrogen (secondary N) is 1. The summed E-state index contributed by atoms with van der Waals surface area (Å²) >= 11 is 0. The Labute approximate surface area is 93.6 Å². The van der Waals surface area contributed by atoms with Gasteiger partial charge >= 0.3 is 0 Å². The molecule has 0 fully saturated rings. The third kappa shape index (κ3) is 7.33. The molecule has 0 atom stereocenters. The van der Waals surface area contributed by atoms with Crippen molar-refractivity contribution in [3.05, 3.63) is 0 Å². The summed E-state index contributed by atoms with van der Waals surface area (Å²) in [7, 11) is 3.58. The van der Waals surface area contributed by atoms with Crippen LogP contribution in [0.1, 0.15) is 20.3 Å². The quantitative estimate of drug-likeness (QED) is 0.595. The van der Waals surface area contributed by atoms with Crippen LogP contribution < -0.4 is 5.32 Å². The standard InChI is InChI=1S/C11H25N3O/c1-5-14(6-2)10-9-12-8-7-11(15)13(3)4/h12H,5-10H2,1-4H3. The van der Waals surface area contributed by atoms with E-state index < -0.39 is 0 Å². The third-order valence-electron chi connectivity index (χ3n) is 2.51. The van der Waals surface area contributed by atoms with E-state index in [0.717, 1.165) is 32.7 Å². The number of carbonyl (C=O) groups is 1. The summed E-state index contributed by atoms with van der Waals surface area (Å²) in [6.45, 7) is 9.31. The Morgan fingerprint density at radius 2 is 1.73 bits per heavy atom. The summed E-state index contributed by atoms with van der Waals surface area (Å²) in [5, 5.41) is 3.28. The molecular formula is C11H25N3O. The fraction of sp³-hybridized carbons (Fsp3) is 0.909. The van der Waals surface area contributed by atoms with Gasteiger partial charge in [0.25, 0.3) is 0 Å². The minimum absolute atomic E-state index is 0.185. The number of hydrogen-bond donors (Lipinski definition) is 1. The fourth-order valence-electron chi connectivity index (χ4n) is 1.32. The van der Waals surface area contributed by atoms with Crippen molar-refractivity contribution in [1.82, 2.24) is 15.1 Å². The van der Waals surface area contributed by atoms with Gasteiger partial charge in [0.05, 0.1) is 0 Å². The molecule has 0 rings (SSSR count). The summed E-state index contributed by atoms with van der Waals surface area (Å²) in [5.41, 5.74) is 0. The zero-order chi connectivity index (χ0) is 11.7. The summed E-state index contributed by atoms with van der Waals surface area (Å²) in [5.74, 6) is 0.185. The second-order valence-corrected chi connectivity index (χ2v) is 3.82. The van der Waals surface area contributed by atoms with E-state index in [1.165, 1.54) is 0 Å². The maximum atomic E-state index is 11.2. The van der Waals surface area contributed by atoms with E-state index in [-0.39, 0.29) is 5.91 Å². The van der Waals surface area contributed by atoms with Crippen LogP contribution in [0.4, 0.5) is 0 Å². The van der Waals surface area contributed by atoms with Gasteiger partial charge in [-0.15, -0.1) is 0 Å². The molecule has 15 heavy (non-hydrogen) atoms. The van der Waals surface area contributed by atoms with Crippen LogP contribution in [0.2, 0.25) is 0 Å². The van der Waals surface area contributed by atoms with E-state index in [9.17, 15) is 4.79 Å². The Kier molecular flexibility index (Phi) is 8.33. The lowest BCUT2D eigenvalue weighted by atomic mass is 10.3. The first-order valence-electron chi connectivity index (χ1n) is 5.75. The molecular weight excluding hydrogens is 190 g/mol. The van der Waals surface area contributed by atoms with E-state index >= 15 is 0 Å². The molecule has 0 aromatic rings. The zero-order valence-corrected chi connectivity index (χ0v) is 10.5. The molecule has 0 unspecified atom stereocenters. The number of hydrogen-bond acceptors (Lipinski definition) is 3. The molecule has 0 aliphatic carbocycles. The van der Waals surface area contributed by atoms with Gasteiger partial charge in [-0.25, -0.2) is 0 Å². The summed E-state index contributed by atoms with van der Waals surface area (Å²) in [4.78, 5) is 15.2. The molecule has 1 amide bonds. The molecule has 0 bridgehead atoms. The smallest absolute Gasteiger partial charge is 0.223 e. The van der Waals surface area contributed by atoms with Crippen molar-refractivity contribution >= 4 is 5.91 Å². The highest BCUT2D eigenvalue weighted by atomic mass is 16.2. The van der Waals surface area contributed by atoms with E-state index in [1.807, 2.05) is 0 Å². The van der Waals surface area contributed by atoms with Crippen molar-refractivity contribution in [3.63, 3.8) is 0 Å². The van der Waals surface area contributed by atoms with Gasteiger partial charge in [0.2, 0.25) is 5.91 Å². The molecule has 0 aliphatic heterocycles. The van der Waals surface area contributed by atoms with E-state index in [4.69, 9.17) is 0 Å². The van der Waals surface area contributed by atoms with Crippen LogP contribution in [0.15, 0.2) is 0 Å². The van der Waals surface area contributed by atoms with Crippen LogP contribution in [0.25, 0.3) is 0 Å². The van der Waals surface area contributed by atoms with Crippen LogP contribution in [0.5, 0.6) is 0 Å². The number of carbonyl (C=O) groups excluding carboxylic acids is 1. The predicted molar refractivity (Wildman–Crippen MR) is 64.0 cm³/mol. The molecule has 4 heteroatoms. The molecule has 1 N–H and O–H groups in total. The van der Waals surface area contributed by atoms with Gasteiger partial charge in [-0.05, 0) is 13.1 Å². The number of amides is 1. The first kappa shape index (κ1) is 14.4. The van der Waals surface area contributed by atoms with Crippen molar-refractivity contribution in [1.29, 1.82) is 0 Å². The van der Waals surface area contributed by atoms with Crippen LogP contribution >= 0.6 is 0 Å². The van der Waals surface area contributed by atoms with Crippen LogP contribution in [-0.2, 0) is 4.79 Å². The number of rotatable bonds is 8. The minimum Gasteiger partial charge on any atom is -0.349 e. The monoisotopic (exact) mass is 215 g/mol. The molecule has 0 heterocycles. The Morgan fingerprint density at radius 1 is 1.13 bits per heavy atom. The van der Waals surface area contributed by atoms with Crippen molar-refractivity contribution in [2.45, 2.75) is 20.3 Å². The first-order chi connectivity index (χ1) is 7.11. The molecule has 90 valence electrons. The van der Waals surface area contributed by atoms with Crippen molar-refractivity contribution in [3.8, 4) is 0 Å². The van der Waals surface area contributed by atoms with E-state index in [2.05, 4.69) is 24.1 Å². The van der Waals surface area contributed by atoms with Crippen molar-refractivity contribution in [2.24, 2.45) is 0 Å². The van der Waals surface area contributed by atoms with E-state index in [1.54, 1.807) is 19.0 Å². The normalized spacial score (nSPS) is 10.7. The average Bonchev–Trinajstić information content (AvgIpc) is 2.23. The Bertz CT molecular complexity index is 167. The third-order valence-corrected chi connectivity index (χ3v) is 2.51. The van der Waals surface area contributed by atoms with Crippen LogP contribution in [0.3, 0.4) is 0 Å². The molecule has 0 aromatic carbocycles. The predicted octanol–water partition coefficient (Wildman–Crippen LogP) is 0.396. The Balaban J connectivity index is 3.35. The van der Waals surface area contributed by atoms with Gasteiger partial charge < -0.3 is 15.1 Å². The summed E-state index contributed by atoms with van der Waals surface area (Å²) in [6.07, 6.45) is 0.589. The highest BCUT2D eigenvalue weighted by Crippen LogP contribution is 1.86. The van der Waals surface area contributed by atoms with Crippen LogP contribution in [-0.4, -0.2) is 62.5 Å². The molecule has 0 aliphatic rings. The van der Waals surface area contributed by atoms with Gasteiger partial charge in [-0.1, -0.05) is 13.8 Å². The average molecular weight is 215 g/mol. The van der Waals surface area contributed by atoms with Crippen molar-refractivity contribution < 1.29 is 4.79 Å². The number of nitrogens with zero attached hydrogens (tertiary/aromatic N) is 2. The van der Waals surface area contributed by atoms with Gasteiger partial charge in [-0.2, -0.15) is 0 Å². The molecule has 4 nitrogen and oxygen atoms in total. The topological polar surface area (TPSA) is 35.6 Å². The highest BCUT2D eigenvalue weighted by Gasteiger charge is 2.02. The van der Waals surface area contributed by atoms with Gasteiger partial charge in [0, 0.05) is 40.2 Å². The fourth-order valence-corrected chi connectivity index (χ4v) is 1.32. The summed E-state index contributed by atoms with van der Waals surface area (Å²) < 4.78 is 0. The number of likely N-dealkylation sites (N-methyl/N-ethyl adjacent to an activating group) is 1. The van der Waals surface area contributed by atoms with Gasteiger partial charge in [-0.3, -0.25) is 4.79 Å². The molecule has 0 radical (unpaired) electrons. The van der Waals surface area contributed by atoms with Crippen LogP contribution in [0, 0.1) is 0 Å². The summed E-state index contributed by atoms with van der Waals surface area (Å²) in [6, 6.07) is 0. The molecule has 0 spiro atoms. The molecule has 0 saturated carbocycles. The Hall–Kier alpha value is -0.610. The van der Waals surface area contributed by atoms with Gasteiger partial charge in [0.1, 0.15) is 0 Å². The second-order valence-electron chi connectivity index (χ2n) is 3.82. The lowest BCUT2D eigenvalue weighted by Crippen LogP contribution is -2.33. The SMILES string of the molecule is CCN(CC)CCNCCC(=O)N(C)C. The van der Waals surface area contributed by atoms with Gasteiger partial charge in [0.15, 0.2) is 0 Å². The van der Waals surface area contributed by atoms with Crippen molar-refractivity contribution in [2.75, 3.05) is 46.8 Å². The lowest BCUT2D eigenvalue weighted by molar-refractivity contribution is -0.128. The minimum atomic E-state index is 0.185. The molecule has 0 saturated heterocycles. The highest BCUT2D eigenvalue weighted by molar-refractivity contribution is 5.75. The maximum absolute atomic E-state index is 11.2. The first-order valence-corrected chi connectivity index (χ1v) is 5.75. The largest absolute Gasteiger partial charge is 0.349 e. The zero-order valence-electron chi connectivity index (χ0n) is 10.5. The second kappa shape index (κ2) is 8.68. The maximum Gasteiger partial charge on any atom is 0.223 e. The van der Waals surface area contributed by atoms with E-state index in [0.29, 0.717) is 6.42 Å².